The van der Waals surface area contributed by atoms with Gasteiger partial charge in [-0.25, -0.2) is 0 Å². The molecular weight excluding hydrogens is 276 g/mol. The second-order valence-corrected chi connectivity index (χ2v) is 7.51. The second-order valence-electron chi connectivity index (χ2n) is 5.71. The summed E-state index contributed by atoms with van der Waals surface area (Å²) in [6.45, 7) is 7.51. The Morgan fingerprint density at radius 2 is 2.20 bits per heavy atom. The average Bonchev–Trinajstić information content (AvgIpc) is 2.36. The van der Waals surface area contributed by atoms with Gasteiger partial charge in [0, 0.05) is 29.7 Å². The van der Waals surface area contributed by atoms with E-state index in [0.29, 0.717) is 11.3 Å². The molecule has 6 heteroatoms. The number of hydrogen-bond acceptors (Lipinski definition) is 5. The van der Waals surface area contributed by atoms with Crippen LogP contribution in [0.3, 0.4) is 0 Å². The number of nitrogens with zero attached hydrogens (tertiary/aromatic N) is 2. The summed E-state index contributed by atoms with van der Waals surface area (Å²) >= 11 is 1.89. The first kappa shape index (κ1) is 15.1. The Labute approximate surface area is 123 Å². The van der Waals surface area contributed by atoms with E-state index in [9.17, 15) is 15.2 Å². The SMILES string of the molecule is C[C@H](O)c1ccc(N2CCSC(C)(C)C2)c([N+](=O)[O-])c1. The summed E-state index contributed by atoms with van der Waals surface area (Å²) in [6, 6.07) is 5.00. The molecule has 1 aromatic rings. The Kier molecular flexibility index (Phi) is 4.25. The van der Waals surface area contributed by atoms with Crippen molar-refractivity contribution in [3.8, 4) is 0 Å². The lowest BCUT2D eigenvalue weighted by molar-refractivity contribution is -0.384. The van der Waals surface area contributed by atoms with E-state index >= 15 is 0 Å². The van der Waals surface area contributed by atoms with Crippen LogP contribution in [0.25, 0.3) is 0 Å². The lowest BCUT2D eigenvalue weighted by Gasteiger charge is -2.38. The zero-order valence-electron chi connectivity index (χ0n) is 12.0. The van der Waals surface area contributed by atoms with Gasteiger partial charge in [-0.3, -0.25) is 10.1 Å². The van der Waals surface area contributed by atoms with Crippen molar-refractivity contribution in [2.45, 2.75) is 31.6 Å². The highest BCUT2D eigenvalue weighted by molar-refractivity contribution is 8.00. The molecule has 1 aromatic carbocycles. The summed E-state index contributed by atoms with van der Waals surface area (Å²) in [7, 11) is 0. The summed E-state index contributed by atoms with van der Waals surface area (Å²) in [6.07, 6.45) is -0.698. The third kappa shape index (κ3) is 3.24. The van der Waals surface area contributed by atoms with Gasteiger partial charge in [0.1, 0.15) is 5.69 Å². The van der Waals surface area contributed by atoms with Gasteiger partial charge < -0.3 is 10.0 Å². The first-order valence-corrected chi connectivity index (χ1v) is 7.64. The topological polar surface area (TPSA) is 66.6 Å². The molecule has 1 saturated heterocycles. The third-order valence-corrected chi connectivity index (χ3v) is 4.74. The fourth-order valence-electron chi connectivity index (χ4n) is 2.44. The fourth-order valence-corrected chi connectivity index (χ4v) is 3.55. The summed E-state index contributed by atoms with van der Waals surface area (Å²) in [5, 5.41) is 20.9. The first-order valence-electron chi connectivity index (χ1n) is 6.65. The smallest absolute Gasteiger partial charge is 0.292 e. The van der Waals surface area contributed by atoms with Gasteiger partial charge in [0.05, 0.1) is 11.0 Å². The van der Waals surface area contributed by atoms with Crippen molar-refractivity contribution >= 4 is 23.1 Å². The predicted octanol–water partition coefficient (Wildman–Crippen LogP) is 2.98. The van der Waals surface area contributed by atoms with Crippen molar-refractivity contribution < 1.29 is 10.0 Å². The largest absolute Gasteiger partial charge is 0.389 e. The van der Waals surface area contributed by atoms with Crippen LogP contribution in [0.1, 0.15) is 32.4 Å². The number of aliphatic hydroxyl groups excluding tert-OH is 1. The predicted molar refractivity (Wildman–Crippen MR) is 82.5 cm³/mol. The Morgan fingerprint density at radius 3 is 2.75 bits per heavy atom. The van der Waals surface area contributed by atoms with Gasteiger partial charge in [-0.05, 0) is 32.4 Å². The number of nitro groups is 1. The molecule has 1 fully saturated rings. The number of anilines is 1. The van der Waals surface area contributed by atoms with Crippen LogP contribution in [0.5, 0.6) is 0 Å². The molecule has 1 heterocycles. The lowest BCUT2D eigenvalue weighted by atomic mass is 10.1. The summed E-state index contributed by atoms with van der Waals surface area (Å²) < 4.78 is 0.0923. The van der Waals surface area contributed by atoms with Gasteiger partial charge in [-0.1, -0.05) is 6.07 Å². The summed E-state index contributed by atoms with van der Waals surface area (Å²) in [5.74, 6) is 0.961. The van der Waals surface area contributed by atoms with Gasteiger partial charge >= 0.3 is 0 Å². The molecule has 5 nitrogen and oxygen atoms in total. The Hall–Kier alpha value is -1.27. The first-order chi connectivity index (χ1) is 9.30. The van der Waals surface area contributed by atoms with Crippen LogP contribution < -0.4 is 4.90 Å². The van der Waals surface area contributed by atoms with Gasteiger partial charge in [0.15, 0.2) is 0 Å². The van der Waals surface area contributed by atoms with E-state index in [1.807, 2.05) is 11.8 Å². The number of nitro benzene ring substituents is 1. The van der Waals surface area contributed by atoms with E-state index in [-0.39, 0.29) is 15.4 Å². The monoisotopic (exact) mass is 296 g/mol. The molecule has 1 aliphatic heterocycles. The molecule has 20 heavy (non-hydrogen) atoms. The Morgan fingerprint density at radius 1 is 1.50 bits per heavy atom. The number of thioether (sulfide) groups is 1. The summed E-state index contributed by atoms with van der Waals surface area (Å²) in [5.41, 5.74) is 1.30. The number of benzene rings is 1. The molecule has 0 amide bonds. The van der Waals surface area contributed by atoms with Crippen molar-refractivity contribution in [2.75, 3.05) is 23.7 Å². The minimum Gasteiger partial charge on any atom is -0.389 e. The van der Waals surface area contributed by atoms with Crippen molar-refractivity contribution in [3.05, 3.63) is 33.9 Å². The zero-order chi connectivity index (χ0) is 14.9. The lowest BCUT2D eigenvalue weighted by Crippen LogP contribution is -2.43. The Balaban J connectivity index is 2.38. The molecule has 1 atom stereocenters. The number of aliphatic hydroxyl groups is 1. The van der Waals surface area contributed by atoms with Crippen molar-refractivity contribution in [2.24, 2.45) is 0 Å². The Bertz CT molecular complexity index is 517. The second kappa shape index (κ2) is 5.61. The van der Waals surface area contributed by atoms with E-state index in [2.05, 4.69) is 18.7 Å². The molecule has 0 spiro atoms. The third-order valence-electron chi connectivity index (χ3n) is 3.44. The van der Waals surface area contributed by atoms with Gasteiger partial charge in [0.2, 0.25) is 0 Å². The summed E-state index contributed by atoms with van der Waals surface area (Å²) in [4.78, 5) is 13.0. The van der Waals surface area contributed by atoms with Crippen LogP contribution >= 0.6 is 11.8 Å². The van der Waals surface area contributed by atoms with E-state index in [4.69, 9.17) is 0 Å². The molecule has 0 aliphatic carbocycles. The molecule has 2 rings (SSSR count). The van der Waals surface area contributed by atoms with E-state index < -0.39 is 6.10 Å². The van der Waals surface area contributed by atoms with Crippen LogP contribution in [0.15, 0.2) is 18.2 Å². The van der Waals surface area contributed by atoms with Crippen LogP contribution in [0, 0.1) is 10.1 Å². The maximum absolute atomic E-state index is 11.3. The minimum atomic E-state index is -0.698. The van der Waals surface area contributed by atoms with Crippen LogP contribution in [-0.4, -0.2) is 33.6 Å². The molecular formula is C14H20N2O3S. The molecule has 0 radical (unpaired) electrons. The van der Waals surface area contributed by atoms with Gasteiger partial charge in [-0.2, -0.15) is 11.8 Å². The zero-order valence-corrected chi connectivity index (χ0v) is 12.8. The standard InChI is InChI=1S/C14H20N2O3S/c1-10(17)11-4-5-12(13(8-11)16(18)19)15-6-7-20-14(2,3)9-15/h4-5,8,10,17H,6-7,9H2,1-3H3/t10-/m0/s1. The molecule has 0 unspecified atom stereocenters. The molecule has 0 aromatic heterocycles. The van der Waals surface area contributed by atoms with Crippen LogP contribution in [0.2, 0.25) is 0 Å². The maximum Gasteiger partial charge on any atom is 0.292 e. The van der Waals surface area contributed by atoms with E-state index in [1.54, 1.807) is 19.1 Å². The molecule has 0 bridgehead atoms. The van der Waals surface area contributed by atoms with Crippen LogP contribution in [-0.2, 0) is 0 Å². The van der Waals surface area contributed by atoms with Gasteiger partial charge in [0.25, 0.3) is 5.69 Å². The molecule has 1 N–H and O–H groups in total. The van der Waals surface area contributed by atoms with Crippen molar-refractivity contribution in [3.63, 3.8) is 0 Å². The minimum absolute atomic E-state index is 0.0751. The highest BCUT2D eigenvalue weighted by Gasteiger charge is 2.30. The quantitative estimate of drug-likeness (QED) is 0.686. The maximum atomic E-state index is 11.3. The van der Waals surface area contributed by atoms with E-state index in [0.717, 1.165) is 18.8 Å². The average molecular weight is 296 g/mol. The van der Waals surface area contributed by atoms with Crippen molar-refractivity contribution in [1.82, 2.24) is 0 Å². The molecule has 110 valence electrons. The fraction of sp³-hybridized carbons (Fsp3) is 0.571. The normalized spacial score (nSPS) is 19.7. The highest BCUT2D eigenvalue weighted by atomic mass is 32.2. The highest BCUT2D eigenvalue weighted by Crippen LogP contribution is 2.37. The van der Waals surface area contributed by atoms with Crippen LogP contribution in [0.4, 0.5) is 11.4 Å². The van der Waals surface area contributed by atoms with Gasteiger partial charge in [-0.15, -0.1) is 0 Å². The van der Waals surface area contributed by atoms with E-state index in [1.165, 1.54) is 6.07 Å². The van der Waals surface area contributed by atoms with Crippen molar-refractivity contribution in [1.29, 1.82) is 0 Å². The molecule has 0 saturated carbocycles. The number of hydrogen-bond donors (Lipinski definition) is 1. The number of rotatable bonds is 3. The molecule has 1 aliphatic rings.